The highest BCUT2D eigenvalue weighted by Crippen LogP contribution is 2.16. The largest absolute Gasteiger partial charge is 0.366 e. The number of amides is 1. The van der Waals surface area contributed by atoms with Crippen molar-refractivity contribution in [3.63, 3.8) is 0 Å². The SMILES string of the molecule is CCCc1ccc2cc(/C=C/C(N)=O)ccc2n1. The number of nitrogens with two attached hydrogens (primary N) is 1. The molecule has 1 amide bonds. The van der Waals surface area contributed by atoms with Crippen molar-refractivity contribution >= 4 is 22.9 Å². The van der Waals surface area contributed by atoms with Crippen LogP contribution in [0.25, 0.3) is 17.0 Å². The molecular weight excluding hydrogens is 224 g/mol. The second-order valence-electron chi connectivity index (χ2n) is 4.24. The first-order valence-electron chi connectivity index (χ1n) is 6.06. The Kier molecular flexibility index (Phi) is 3.72. The molecule has 92 valence electrons. The predicted octanol–water partition coefficient (Wildman–Crippen LogP) is 2.69. The number of aromatic nitrogens is 1. The number of pyridine rings is 1. The molecule has 0 aliphatic heterocycles. The standard InChI is InChI=1S/C15H16N2O/c1-2-3-13-7-6-12-10-11(5-9-15(16)18)4-8-14(12)17-13/h4-10H,2-3H2,1H3,(H2,16,18)/b9-5+. The monoisotopic (exact) mass is 240 g/mol. The Morgan fingerprint density at radius 1 is 1.33 bits per heavy atom. The van der Waals surface area contributed by atoms with E-state index in [2.05, 4.69) is 18.0 Å². The Balaban J connectivity index is 2.35. The molecule has 0 fully saturated rings. The van der Waals surface area contributed by atoms with Gasteiger partial charge in [0.2, 0.25) is 5.91 Å². The first-order valence-corrected chi connectivity index (χ1v) is 6.06. The summed E-state index contributed by atoms with van der Waals surface area (Å²) in [6, 6.07) is 10.0. The van der Waals surface area contributed by atoms with E-state index in [1.807, 2.05) is 24.3 Å². The van der Waals surface area contributed by atoms with Gasteiger partial charge in [0.05, 0.1) is 5.52 Å². The molecule has 2 rings (SSSR count). The molecule has 0 spiro atoms. The maximum Gasteiger partial charge on any atom is 0.241 e. The van der Waals surface area contributed by atoms with Crippen molar-refractivity contribution < 1.29 is 4.79 Å². The van der Waals surface area contributed by atoms with E-state index in [0.717, 1.165) is 35.0 Å². The Morgan fingerprint density at radius 2 is 2.17 bits per heavy atom. The van der Waals surface area contributed by atoms with Crippen LogP contribution in [0.4, 0.5) is 0 Å². The molecule has 1 heterocycles. The molecule has 0 saturated carbocycles. The van der Waals surface area contributed by atoms with Gasteiger partial charge in [-0.15, -0.1) is 0 Å². The normalized spacial score (nSPS) is 11.2. The summed E-state index contributed by atoms with van der Waals surface area (Å²) < 4.78 is 0. The second-order valence-corrected chi connectivity index (χ2v) is 4.24. The molecule has 0 saturated heterocycles. The summed E-state index contributed by atoms with van der Waals surface area (Å²) in [5, 5.41) is 1.07. The number of fused-ring (bicyclic) bond motifs is 1. The summed E-state index contributed by atoms with van der Waals surface area (Å²) in [4.78, 5) is 15.3. The molecule has 2 aromatic rings. The van der Waals surface area contributed by atoms with E-state index in [-0.39, 0.29) is 0 Å². The predicted molar refractivity (Wildman–Crippen MR) is 74.0 cm³/mol. The number of benzene rings is 1. The van der Waals surface area contributed by atoms with Crippen molar-refractivity contribution in [3.8, 4) is 0 Å². The van der Waals surface area contributed by atoms with Crippen LogP contribution in [-0.4, -0.2) is 10.9 Å². The minimum Gasteiger partial charge on any atom is -0.366 e. The third-order valence-electron chi connectivity index (χ3n) is 2.72. The lowest BCUT2D eigenvalue weighted by Gasteiger charge is -2.02. The van der Waals surface area contributed by atoms with Gasteiger partial charge in [0.1, 0.15) is 0 Å². The molecule has 2 N–H and O–H groups in total. The zero-order valence-corrected chi connectivity index (χ0v) is 10.4. The highest BCUT2D eigenvalue weighted by Gasteiger charge is 1.98. The lowest BCUT2D eigenvalue weighted by Crippen LogP contribution is -2.05. The summed E-state index contributed by atoms with van der Waals surface area (Å²) in [5.74, 6) is -0.438. The number of nitrogens with zero attached hydrogens (tertiary/aromatic N) is 1. The fourth-order valence-corrected chi connectivity index (χ4v) is 1.86. The van der Waals surface area contributed by atoms with Gasteiger partial charge in [-0.1, -0.05) is 25.5 Å². The maximum atomic E-state index is 10.7. The van der Waals surface area contributed by atoms with Crippen molar-refractivity contribution in [3.05, 3.63) is 47.7 Å². The molecule has 0 atom stereocenters. The highest BCUT2D eigenvalue weighted by molar-refractivity contribution is 5.91. The fourth-order valence-electron chi connectivity index (χ4n) is 1.86. The summed E-state index contributed by atoms with van der Waals surface area (Å²) >= 11 is 0. The van der Waals surface area contributed by atoms with Crippen LogP contribution in [0, 0.1) is 0 Å². The lowest BCUT2D eigenvalue weighted by atomic mass is 10.1. The number of hydrogen-bond donors (Lipinski definition) is 1. The molecule has 3 heteroatoms. The Labute approximate surface area is 106 Å². The quantitative estimate of drug-likeness (QED) is 0.835. The maximum absolute atomic E-state index is 10.7. The summed E-state index contributed by atoms with van der Waals surface area (Å²) in [7, 11) is 0. The molecule has 0 bridgehead atoms. The van der Waals surface area contributed by atoms with Crippen LogP contribution in [0.3, 0.4) is 0 Å². The number of carbonyl (C=O) groups excluding carboxylic acids is 1. The smallest absolute Gasteiger partial charge is 0.241 e. The Hall–Kier alpha value is -2.16. The van der Waals surface area contributed by atoms with Gasteiger partial charge < -0.3 is 5.73 Å². The van der Waals surface area contributed by atoms with Gasteiger partial charge in [0.25, 0.3) is 0 Å². The van der Waals surface area contributed by atoms with E-state index in [1.165, 1.54) is 6.08 Å². The molecule has 0 unspecified atom stereocenters. The number of carbonyl (C=O) groups is 1. The third-order valence-corrected chi connectivity index (χ3v) is 2.72. The van der Waals surface area contributed by atoms with E-state index in [0.29, 0.717) is 0 Å². The average Bonchev–Trinajstić information content (AvgIpc) is 2.36. The van der Waals surface area contributed by atoms with Gasteiger partial charge in [0.15, 0.2) is 0 Å². The number of hydrogen-bond acceptors (Lipinski definition) is 2. The molecule has 0 radical (unpaired) electrons. The van der Waals surface area contributed by atoms with E-state index >= 15 is 0 Å². The second kappa shape index (κ2) is 5.45. The first-order chi connectivity index (χ1) is 8.69. The van der Waals surface area contributed by atoms with Crippen LogP contribution in [0.15, 0.2) is 36.4 Å². The zero-order chi connectivity index (χ0) is 13.0. The van der Waals surface area contributed by atoms with Gasteiger partial charge in [-0.2, -0.15) is 0 Å². The van der Waals surface area contributed by atoms with Gasteiger partial charge in [-0.05, 0) is 36.3 Å². The van der Waals surface area contributed by atoms with Crippen molar-refractivity contribution in [1.82, 2.24) is 4.98 Å². The molecule has 18 heavy (non-hydrogen) atoms. The molecule has 0 aliphatic rings. The van der Waals surface area contributed by atoms with E-state index < -0.39 is 5.91 Å². The summed E-state index contributed by atoms with van der Waals surface area (Å²) in [6.07, 6.45) is 5.17. The van der Waals surface area contributed by atoms with E-state index in [1.54, 1.807) is 6.08 Å². The zero-order valence-electron chi connectivity index (χ0n) is 10.4. The molecular formula is C15H16N2O. The number of rotatable bonds is 4. The minimum absolute atomic E-state index is 0.438. The minimum atomic E-state index is -0.438. The van der Waals surface area contributed by atoms with Crippen molar-refractivity contribution in [2.75, 3.05) is 0 Å². The van der Waals surface area contributed by atoms with Crippen molar-refractivity contribution in [2.45, 2.75) is 19.8 Å². The van der Waals surface area contributed by atoms with Crippen LogP contribution in [-0.2, 0) is 11.2 Å². The first kappa shape index (κ1) is 12.3. The van der Waals surface area contributed by atoms with Crippen molar-refractivity contribution in [2.24, 2.45) is 5.73 Å². The fraction of sp³-hybridized carbons (Fsp3) is 0.200. The van der Waals surface area contributed by atoms with Crippen LogP contribution < -0.4 is 5.73 Å². The molecule has 1 aromatic heterocycles. The highest BCUT2D eigenvalue weighted by atomic mass is 16.1. The van der Waals surface area contributed by atoms with Crippen LogP contribution in [0.2, 0.25) is 0 Å². The third kappa shape index (κ3) is 2.94. The summed E-state index contributed by atoms with van der Waals surface area (Å²) in [5.41, 5.74) is 8.12. The molecule has 1 aromatic carbocycles. The Bertz CT molecular complexity index is 602. The Morgan fingerprint density at radius 3 is 2.89 bits per heavy atom. The van der Waals surface area contributed by atoms with Crippen LogP contribution in [0.1, 0.15) is 24.6 Å². The van der Waals surface area contributed by atoms with E-state index in [4.69, 9.17) is 5.73 Å². The van der Waals surface area contributed by atoms with Gasteiger partial charge in [-0.25, -0.2) is 0 Å². The van der Waals surface area contributed by atoms with Gasteiger partial charge in [0, 0.05) is 17.2 Å². The lowest BCUT2D eigenvalue weighted by molar-refractivity contribution is -0.113. The summed E-state index contributed by atoms with van der Waals surface area (Å²) in [6.45, 7) is 2.14. The number of aryl methyl sites for hydroxylation is 1. The topological polar surface area (TPSA) is 56.0 Å². The van der Waals surface area contributed by atoms with Crippen molar-refractivity contribution in [1.29, 1.82) is 0 Å². The van der Waals surface area contributed by atoms with Gasteiger partial charge in [-0.3, -0.25) is 9.78 Å². The molecule has 0 aliphatic carbocycles. The number of primary amides is 1. The van der Waals surface area contributed by atoms with Crippen LogP contribution in [0.5, 0.6) is 0 Å². The van der Waals surface area contributed by atoms with E-state index in [9.17, 15) is 4.79 Å². The van der Waals surface area contributed by atoms with Crippen LogP contribution >= 0.6 is 0 Å². The van der Waals surface area contributed by atoms with Gasteiger partial charge >= 0.3 is 0 Å². The average molecular weight is 240 g/mol. The molecule has 3 nitrogen and oxygen atoms in total.